The van der Waals surface area contributed by atoms with E-state index in [1.807, 2.05) is 0 Å². The number of carbonyl (C=O) groups is 1. The summed E-state index contributed by atoms with van der Waals surface area (Å²) >= 11 is 0. The molecule has 3 rings (SSSR count). The molecule has 0 aliphatic heterocycles. The van der Waals surface area contributed by atoms with Crippen molar-refractivity contribution in [3.8, 4) is 28.4 Å². The lowest BCUT2D eigenvalue weighted by Gasteiger charge is -2.10. The lowest BCUT2D eigenvalue weighted by atomic mass is 10.0. The Morgan fingerprint density at radius 3 is 2.36 bits per heavy atom. The molecule has 0 saturated heterocycles. The SMILES string of the molecule is COc1ccc(OC)c(-c2cc3ccc(OC(C)=O)cc3oc2=O)c1. The van der Waals surface area contributed by atoms with Crippen LogP contribution in [0.5, 0.6) is 17.2 Å². The minimum Gasteiger partial charge on any atom is -0.497 e. The van der Waals surface area contributed by atoms with E-state index in [0.717, 1.165) is 0 Å². The van der Waals surface area contributed by atoms with Gasteiger partial charge < -0.3 is 18.6 Å². The maximum absolute atomic E-state index is 12.5. The number of hydrogen-bond acceptors (Lipinski definition) is 6. The van der Waals surface area contributed by atoms with Crippen LogP contribution in [0.15, 0.2) is 51.7 Å². The van der Waals surface area contributed by atoms with Crippen molar-refractivity contribution in [3.63, 3.8) is 0 Å². The molecule has 128 valence electrons. The zero-order valence-corrected chi connectivity index (χ0v) is 14.0. The van der Waals surface area contributed by atoms with Gasteiger partial charge in [-0.1, -0.05) is 0 Å². The fourth-order valence-corrected chi connectivity index (χ4v) is 2.53. The third-order valence-electron chi connectivity index (χ3n) is 3.67. The molecule has 1 heterocycles. The summed E-state index contributed by atoms with van der Waals surface area (Å²) in [6.45, 7) is 1.30. The van der Waals surface area contributed by atoms with Crippen molar-refractivity contribution >= 4 is 16.9 Å². The molecule has 0 unspecified atom stereocenters. The van der Waals surface area contributed by atoms with E-state index in [1.165, 1.54) is 20.1 Å². The molecule has 6 heteroatoms. The van der Waals surface area contributed by atoms with Gasteiger partial charge in [0.1, 0.15) is 22.8 Å². The van der Waals surface area contributed by atoms with Gasteiger partial charge in [-0.15, -0.1) is 0 Å². The van der Waals surface area contributed by atoms with Gasteiger partial charge in [0, 0.05) is 23.9 Å². The highest BCUT2D eigenvalue weighted by atomic mass is 16.5. The van der Waals surface area contributed by atoms with Crippen LogP contribution >= 0.6 is 0 Å². The molecule has 0 atom stereocenters. The first-order valence-electron chi connectivity index (χ1n) is 7.50. The van der Waals surface area contributed by atoms with Crippen LogP contribution in [0.2, 0.25) is 0 Å². The largest absolute Gasteiger partial charge is 0.497 e. The molecule has 0 radical (unpaired) electrons. The van der Waals surface area contributed by atoms with Crippen molar-refractivity contribution in [1.29, 1.82) is 0 Å². The third-order valence-corrected chi connectivity index (χ3v) is 3.67. The topological polar surface area (TPSA) is 75.0 Å². The molecular formula is C19H16O6. The fourth-order valence-electron chi connectivity index (χ4n) is 2.53. The lowest BCUT2D eigenvalue weighted by Crippen LogP contribution is -2.05. The van der Waals surface area contributed by atoms with E-state index in [0.29, 0.717) is 39.3 Å². The molecule has 0 aliphatic rings. The van der Waals surface area contributed by atoms with Crippen LogP contribution in [0.1, 0.15) is 6.92 Å². The Balaban J connectivity index is 2.16. The number of fused-ring (bicyclic) bond motifs is 1. The number of rotatable bonds is 4. The van der Waals surface area contributed by atoms with Crippen LogP contribution in [0.3, 0.4) is 0 Å². The number of methoxy groups -OCH3 is 2. The van der Waals surface area contributed by atoms with Gasteiger partial charge >= 0.3 is 11.6 Å². The summed E-state index contributed by atoms with van der Waals surface area (Å²) in [4.78, 5) is 23.5. The van der Waals surface area contributed by atoms with E-state index in [4.69, 9.17) is 18.6 Å². The molecule has 0 fully saturated rings. The summed E-state index contributed by atoms with van der Waals surface area (Å²) in [5.41, 5.74) is 0.721. The highest BCUT2D eigenvalue weighted by Crippen LogP contribution is 2.33. The van der Waals surface area contributed by atoms with E-state index in [9.17, 15) is 9.59 Å². The van der Waals surface area contributed by atoms with Crippen molar-refractivity contribution in [1.82, 2.24) is 0 Å². The molecule has 0 spiro atoms. The third kappa shape index (κ3) is 3.33. The highest BCUT2D eigenvalue weighted by Gasteiger charge is 2.14. The zero-order valence-electron chi connectivity index (χ0n) is 14.0. The second-order valence-corrected chi connectivity index (χ2v) is 5.31. The minimum absolute atomic E-state index is 0.315. The van der Waals surface area contributed by atoms with Crippen molar-refractivity contribution in [2.75, 3.05) is 14.2 Å². The molecule has 2 aromatic carbocycles. The van der Waals surface area contributed by atoms with E-state index in [-0.39, 0.29) is 0 Å². The summed E-state index contributed by atoms with van der Waals surface area (Å²) < 4.78 is 21.0. The van der Waals surface area contributed by atoms with Crippen LogP contribution in [0.25, 0.3) is 22.1 Å². The van der Waals surface area contributed by atoms with Gasteiger partial charge in [0.05, 0.1) is 19.8 Å². The van der Waals surface area contributed by atoms with Crippen molar-refractivity contribution in [3.05, 3.63) is 52.9 Å². The van der Waals surface area contributed by atoms with E-state index >= 15 is 0 Å². The summed E-state index contributed by atoms with van der Waals surface area (Å²) in [6, 6.07) is 11.7. The van der Waals surface area contributed by atoms with Crippen molar-refractivity contribution in [2.24, 2.45) is 0 Å². The Hall–Kier alpha value is -3.28. The number of ether oxygens (including phenoxy) is 3. The summed E-state index contributed by atoms with van der Waals surface area (Å²) in [7, 11) is 3.07. The molecule has 0 aliphatic carbocycles. The summed E-state index contributed by atoms with van der Waals surface area (Å²) in [6.07, 6.45) is 0. The van der Waals surface area contributed by atoms with Gasteiger partial charge in [-0.25, -0.2) is 4.79 Å². The Morgan fingerprint density at radius 1 is 0.920 bits per heavy atom. The zero-order chi connectivity index (χ0) is 18.0. The first-order chi connectivity index (χ1) is 12.0. The maximum Gasteiger partial charge on any atom is 0.344 e. The number of benzene rings is 2. The molecule has 6 nitrogen and oxygen atoms in total. The van der Waals surface area contributed by atoms with Crippen LogP contribution in [0.4, 0.5) is 0 Å². The van der Waals surface area contributed by atoms with Crippen LogP contribution < -0.4 is 19.8 Å². The second kappa shape index (κ2) is 6.68. The van der Waals surface area contributed by atoms with Crippen molar-refractivity contribution < 1.29 is 23.4 Å². The van der Waals surface area contributed by atoms with Gasteiger partial charge in [0.25, 0.3) is 0 Å². The average molecular weight is 340 g/mol. The molecule has 25 heavy (non-hydrogen) atoms. The number of esters is 1. The van der Waals surface area contributed by atoms with Gasteiger partial charge in [-0.2, -0.15) is 0 Å². The monoisotopic (exact) mass is 340 g/mol. The van der Waals surface area contributed by atoms with E-state index in [2.05, 4.69) is 0 Å². The maximum atomic E-state index is 12.5. The van der Waals surface area contributed by atoms with Gasteiger partial charge in [0.2, 0.25) is 0 Å². The average Bonchev–Trinajstić information content (AvgIpc) is 2.60. The summed E-state index contributed by atoms with van der Waals surface area (Å²) in [5.74, 6) is 0.999. The van der Waals surface area contributed by atoms with Crippen molar-refractivity contribution in [2.45, 2.75) is 6.92 Å². The normalized spacial score (nSPS) is 10.5. The Kier molecular flexibility index (Phi) is 4.43. The molecule has 0 N–H and O–H groups in total. The molecule has 0 amide bonds. The van der Waals surface area contributed by atoms with Crippen LogP contribution in [-0.4, -0.2) is 20.2 Å². The number of hydrogen-bond donors (Lipinski definition) is 0. The van der Waals surface area contributed by atoms with Crippen LogP contribution in [-0.2, 0) is 4.79 Å². The molecular weight excluding hydrogens is 324 g/mol. The molecule has 0 bridgehead atoms. The Morgan fingerprint density at radius 2 is 1.68 bits per heavy atom. The lowest BCUT2D eigenvalue weighted by molar-refractivity contribution is -0.131. The molecule has 3 aromatic rings. The predicted molar refractivity (Wildman–Crippen MR) is 92.3 cm³/mol. The smallest absolute Gasteiger partial charge is 0.344 e. The van der Waals surface area contributed by atoms with E-state index in [1.54, 1.807) is 43.5 Å². The van der Waals surface area contributed by atoms with Gasteiger partial charge in [-0.3, -0.25) is 4.79 Å². The fraction of sp³-hybridized carbons (Fsp3) is 0.158. The Labute approximate surface area is 143 Å². The number of carbonyl (C=O) groups excluding carboxylic acids is 1. The second-order valence-electron chi connectivity index (χ2n) is 5.31. The molecule has 1 aromatic heterocycles. The van der Waals surface area contributed by atoms with Gasteiger partial charge in [0.15, 0.2) is 0 Å². The van der Waals surface area contributed by atoms with Gasteiger partial charge in [-0.05, 0) is 36.4 Å². The molecule has 0 saturated carbocycles. The minimum atomic E-state index is -0.529. The highest BCUT2D eigenvalue weighted by molar-refractivity contribution is 5.85. The van der Waals surface area contributed by atoms with E-state index < -0.39 is 11.6 Å². The Bertz CT molecular complexity index is 1000. The quantitative estimate of drug-likeness (QED) is 0.412. The predicted octanol–water partition coefficient (Wildman–Crippen LogP) is 3.40. The first kappa shape index (κ1) is 16.6. The van der Waals surface area contributed by atoms with Crippen LogP contribution in [0, 0.1) is 0 Å². The first-order valence-corrected chi connectivity index (χ1v) is 7.50. The summed E-state index contributed by atoms with van der Waals surface area (Å²) in [5, 5.41) is 0.690. The standard InChI is InChI=1S/C19H16O6/c1-11(20)24-14-5-4-12-8-16(19(21)25-18(12)10-14)15-9-13(22-2)6-7-17(15)23-3/h4-10H,1-3H3.